The molecular weight excluding hydrogens is 427 g/mol. The van der Waals surface area contributed by atoms with Crippen LogP contribution in [0.5, 0.6) is 0 Å². The number of piperidine rings is 1. The summed E-state index contributed by atoms with van der Waals surface area (Å²) in [5.41, 5.74) is 0.0310. The predicted octanol–water partition coefficient (Wildman–Crippen LogP) is 3.01. The Morgan fingerprint density at radius 3 is 2.40 bits per heavy atom. The number of halogens is 1. The molecule has 2 N–H and O–H groups in total. The third kappa shape index (κ3) is 5.10. The van der Waals surface area contributed by atoms with Gasteiger partial charge in [-0.15, -0.1) is 30.6 Å². The minimum Gasteiger partial charge on any atom is -0.378 e. The fourth-order valence-electron chi connectivity index (χ4n) is 3.81. The van der Waals surface area contributed by atoms with Crippen LogP contribution in [0.15, 0.2) is 17.6 Å². The van der Waals surface area contributed by atoms with E-state index in [1.54, 1.807) is 0 Å². The summed E-state index contributed by atoms with van der Waals surface area (Å²) in [5, 5.41) is 7.29. The van der Waals surface area contributed by atoms with Crippen LogP contribution in [0.1, 0.15) is 47.0 Å². The maximum absolute atomic E-state index is 5.73. The number of nitrogens with zero attached hydrogens (tertiary/aromatic N) is 2. The number of aliphatic imine (C=N–C) groups is 1. The lowest BCUT2D eigenvalue weighted by Gasteiger charge is -2.59. The van der Waals surface area contributed by atoms with Crippen LogP contribution in [0.3, 0.4) is 0 Å². The van der Waals surface area contributed by atoms with E-state index >= 15 is 0 Å². The lowest BCUT2D eigenvalue weighted by molar-refractivity contribution is -0.176. The quantitative estimate of drug-likeness (QED) is 0.275. The van der Waals surface area contributed by atoms with E-state index in [4.69, 9.17) is 4.74 Å². The lowest BCUT2D eigenvalue weighted by Crippen LogP contribution is -2.70. The average Bonchev–Trinajstić information content (AvgIpc) is 2.56. The molecule has 146 valence electrons. The molecule has 1 heterocycles. The molecule has 0 radical (unpaired) electrons. The smallest absolute Gasteiger partial charge is 0.191 e. The predicted molar refractivity (Wildman–Crippen MR) is 117 cm³/mol. The van der Waals surface area contributed by atoms with Gasteiger partial charge in [0, 0.05) is 50.8 Å². The summed E-state index contributed by atoms with van der Waals surface area (Å²) in [6.45, 7) is 16.7. The second-order valence-corrected chi connectivity index (χ2v) is 7.89. The molecular formula is C19H37IN4O. The maximum Gasteiger partial charge on any atom is 0.191 e. The minimum atomic E-state index is -0.0575. The molecule has 6 heteroatoms. The Bertz CT molecular complexity index is 460. The van der Waals surface area contributed by atoms with Crippen LogP contribution in [0.2, 0.25) is 0 Å². The molecule has 1 saturated heterocycles. The molecule has 0 aromatic heterocycles. The van der Waals surface area contributed by atoms with Gasteiger partial charge < -0.3 is 15.4 Å². The summed E-state index contributed by atoms with van der Waals surface area (Å²) in [4.78, 5) is 7.11. The number of methoxy groups -OCH3 is 1. The van der Waals surface area contributed by atoms with E-state index in [1.165, 1.54) is 0 Å². The van der Waals surface area contributed by atoms with Gasteiger partial charge in [0.2, 0.25) is 0 Å². The molecule has 1 saturated carbocycles. The topological polar surface area (TPSA) is 48.9 Å². The van der Waals surface area contributed by atoms with Crippen LogP contribution in [0.4, 0.5) is 0 Å². The summed E-state index contributed by atoms with van der Waals surface area (Å²) in [5.74, 6) is 0.955. The molecule has 2 aliphatic rings. The van der Waals surface area contributed by atoms with Crippen molar-refractivity contribution in [3.8, 4) is 0 Å². The van der Waals surface area contributed by atoms with Crippen LogP contribution in [-0.2, 0) is 4.74 Å². The van der Waals surface area contributed by atoms with Crippen LogP contribution < -0.4 is 10.6 Å². The molecule has 0 spiro atoms. The van der Waals surface area contributed by atoms with Crippen molar-refractivity contribution >= 4 is 29.9 Å². The first-order valence-corrected chi connectivity index (χ1v) is 9.32. The third-order valence-corrected chi connectivity index (χ3v) is 6.22. The van der Waals surface area contributed by atoms with E-state index in [9.17, 15) is 0 Å². The number of nitrogens with one attached hydrogen (secondary N) is 2. The molecule has 5 nitrogen and oxygen atoms in total. The van der Waals surface area contributed by atoms with E-state index < -0.39 is 0 Å². The van der Waals surface area contributed by atoms with Gasteiger partial charge in [-0.2, -0.15) is 0 Å². The zero-order chi connectivity index (χ0) is 17.8. The van der Waals surface area contributed by atoms with Crippen LogP contribution in [0.25, 0.3) is 0 Å². The molecule has 0 bridgehead atoms. The summed E-state index contributed by atoms with van der Waals surface area (Å²) in [7, 11) is 1.81. The standard InChI is InChI=1S/C19H36N4O.HI/c1-7-11-23-12-9-15(10-13-23)21-17(20-8-2)22-16-14-19(5,24-6)18(16,3)4;/h7,15-16H,1,8-14H2,2-6H3,(H2,20,21,22);1H. The highest BCUT2D eigenvalue weighted by molar-refractivity contribution is 14.0. The number of rotatable bonds is 6. The first-order chi connectivity index (χ1) is 11.4. The fourth-order valence-corrected chi connectivity index (χ4v) is 3.81. The SMILES string of the molecule is C=CCN1CCC(NC(=NCC)NC2CC(C)(OC)C2(C)C)CC1.I. The fraction of sp³-hybridized carbons (Fsp3) is 0.842. The highest BCUT2D eigenvalue weighted by Gasteiger charge is 2.58. The molecule has 25 heavy (non-hydrogen) atoms. The summed E-state index contributed by atoms with van der Waals surface area (Å²) >= 11 is 0. The van der Waals surface area contributed by atoms with Crippen LogP contribution in [-0.4, -0.2) is 61.8 Å². The third-order valence-electron chi connectivity index (χ3n) is 6.22. The monoisotopic (exact) mass is 464 g/mol. The zero-order valence-electron chi connectivity index (χ0n) is 16.6. The molecule has 0 aromatic carbocycles. The Labute approximate surface area is 171 Å². The van der Waals surface area contributed by atoms with E-state index in [-0.39, 0.29) is 35.0 Å². The van der Waals surface area contributed by atoms with Crippen molar-refractivity contribution in [1.82, 2.24) is 15.5 Å². The van der Waals surface area contributed by atoms with Gasteiger partial charge >= 0.3 is 0 Å². The van der Waals surface area contributed by atoms with Crippen molar-refractivity contribution in [3.05, 3.63) is 12.7 Å². The normalized spacial score (nSPS) is 30.1. The number of likely N-dealkylation sites (tertiary alicyclic amines) is 1. The van der Waals surface area contributed by atoms with E-state index in [1.807, 2.05) is 13.2 Å². The molecule has 0 aromatic rings. The lowest BCUT2D eigenvalue weighted by atomic mass is 9.56. The van der Waals surface area contributed by atoms with Crippen molar-refractivity contribution in [2.75, 3.05) is 33.3 Å². The van der Waals surface area contributed by atoms with Gasteiger partial charge in [-0.25, -0.2) is 0 Å². The van der Waals surface area contributed by atoms with E-state index in [0.29, 0.717) is 12.1 Å². The van der Waals surface area contributed by atoms with E-state index in [0.717, 1.165) is 51.4 Å². The number of hydrogen-bond donors (Lipinski definition) is 2. The highest BCUT2D eigenvalue weighted by atomic mass is 127. The van der Waals surface area contributed by atoms with Gasteiger partial charge in [0.05, 0.1) is 5.60 Å². The largest absolute Gasteiger partial charge is 0.378 e. The minimum absolute atomic E-state index is 0. The van der Waals surface area contributed by atoms with Crippen molar-refractivity contribution < 1.29 is 4.74 Å². The van der Waals surface area contributed by atoms with E-state index in [2.05, 4.69) is 54.8 Å². The summed E-state index contributed by atoms with van der Waals surface area (Å²) in [6.07, 6.45) is 5.31. The number of ether oxygens (including phenoxy) is 1. The number of hydrogen-bond acceptors (Lipinski definition) is 3. The molecule has 2 fully saturated rings. The second-order valence-electron chi connectivity index (χ2n) is 7.89. The maximum atomic E-state index is 5.73. The van der Waals surface area contributed by atoms with Crippen molar-refractivity contribution in [3.63, 3.8) is 0 Å². The zero-order valence-corrected chi connectivity index (χ0v) is 18.9. The van der Waals surface area contributed by atoms with Gasteiger partial charge in [0.25, 0.3) is 0 Å². The molecule has 2 unspecified atom stereocenters. The Morgan fingerprint density at radius 1 is 1.28 bits per heavy atom. The Hall–Kier alpha value is -0.340. The average molecular weight is 464 g/mol. The molecule has 1 aliphatic heterocycles. The molecule has 2 atom stereocenters. The Balaban J connectivity index is 0.00000312. The summed E-state index contributed by atoms with van der Waals surface area (Å²) in [6, 6.07) is 0.891. The Kier molecular flexibility index (Phi) is 8.67. The van der Waals surface area contributed by atoms with Gasteiger partial charge in [0.15, 0.2) is 5.96 Å². The first kappa shape index (κ1) is 22.7. The molecule has 0 amide bonds. The van der Waals surface area contributed by atoms with Crippen LogP contribution >= 0.6 is 24.0 Å². The van der Waals surface area contributed by atoms with Crippen molar-refractivity contribution in [2.24, 2.45) is 10.4 Å². The van der Waals surface area contributed by atoms with Crippen molar-refractivity contribution in [2.45, 2.75) is 64.6 Å². The first-order valence-electron chi connectivity index (χ1n) is 9.32. The molecule has 1 aliphatic carbocycles. The molecule has 2 rings (SSSR count). The van der Waals surface area contributed by atoms with Crippen LogP contribution in [0, 0.1) is 5.41 Å². The van der Waals surface area contributed by atoms with Gasteiger partial charge in [-0.1, -0.05) is 19.9 Å². The van der Waals surface area contributed by atoms with Gasteiger partial charge in [-0.3, -0.25) is 9.89 Å². The van der Waals surface area contributed by atoms with Gasteiger partial charge in [0.1, 0.15) is 0 Å². The highest BCUT2D eigenvalue weighted by Crippen LogP contribution is 2.51. The van der Waals surface area contributed by atoms with Gasteiger partial charge in [-0.05, 0) is 33.1 Å². The number of guanidine groups is 1. The van der Waals surface area contributed by atoms with Crippen molar-refractivity contribution in [1.29, 1.82) is 0 Å². The second kappa shape index (κ2) is 9.55. The Morgan fingerprint density at radius 2 is 1.92 bits per heavy atom. The summed E-state index contributed by atoms with van der Waals surface area (Å²) < 4.78 is 5.73.